The second-order valence-electron chi connectivity index (χ2n) is 6.47. The fourth-order valence-corrected chi connectivity index (χ4v) is 4.36. The molecule has 2 aliphatic rings. The molecule has 1 aromatic heterocycles. The first-order chi connectivity index (χ1) is 9.86. The van der Waals surface area contributed by atoms with Crippen LogP contribution in [0.3, 0.4) is 0 Å². The maximum Gasteiger partial charge on any atom is 0.110 e. The lowest BCUT2D eigenvalue weighted by Gasteiger charge is -2.16. The zero-order chi connectivity index (χ0) is 13.8. The lowest BCUT2D eigenvalue weighted by atomic mass is 10.0. The number of hydrogen-bond acceptors (Lipinski definition) is 3. The van der Waals surface area contributed by atoms with Crippen LogP contribution < -0.4 is 5.32 Å². The van der Waals surface area contributed by atoms with E-state index in [1.807, 2.05) is 11.3 Å². The van der Waals surface area contributed by atoms with Gasteiger partial charge in [0.15, 0.2) is 0 Å². The lowest BCUT2D eigenvalue weighted by Crippen LogP contribution is -2.23. The number of unbranched alkanes of at least 4 members (excludes halogenated alkanes) is 3. The molecule has 1 fully saturated rings. The summed E-state index contributed by atoms with van der Waals surface area (Å²) in [5.74, 6) is 0. The van der Waals surface area contributed by atoms with Crippen LogP contribution in [0.5, 0.6) is 0 Å². The highest BCUT2D eigenvalue weighted by Gasteiger charge is 2.27. The quantitative estimate of drug-likeness (QED) is 0.697. The summed E-state index contributed by atoms with van der Waals surface area (Å²) in [4.78, 5) is 6.57. The summed E-state index contributed by atoms with van der Waals surface area (Å²) in [5.41, 5.74) is 1.42. The largest absolute Gasteiger partial charge is 0.305 e. The van der Waals surface area contributed by atoms with E-state index in [0.29, 0.717) is 6.04 Å². The molecule has 1 saturated carbocycles. The Morgan fingerprint density at radius 1 is 1.20 bits per heavy atom. The van der Waals surface area contributed by atoms with E-state index in [-0.39, 0.29) is 0 Å². The Morgan fingerprint density at radius 2 is 2.05 bits per heavy atom. The summed E-state index contributed by atoms with van der Waals surface area (Å²) >= 11 is 2.00. The van der Waals surface area contributed by atoms with Crippen LogP contribution in [-0.4, -0.2) is 11.0 Å². The molecule has 3 rings (SSSR count). The summed E-state index contributed by atoms with van der Waals surface area (Å²) < 4.78 is 0. The van der Waals surface area contributed by atoms with E-state index in [0.717, 1.165) is 6.04 Å². The molecule has 1 heterocycles. The Kier molecular flexibility index (Phi) is 5.11. The van der Waals surface area contributed by atoms with Crippen LogP contribution in [0.1, 0.15) is 86.3 Å². The zero-order valence-electron chi connectivity index (χ0n) is 12.8. The summed E-state index contributed by atoms with van der Waals surface area (Å²) in [6.45, 7) is 2.29. The van der Waals surface area contributed by atoms with Gasteiger partial charge in [-0.2, -0.15) is 0 Å². The van der Waals surface area contributed by atoms with Gasteiger partial charge in [0, 0.05) is 10.9 Å². The van der Waals surface area contributed by atoms with Crippen LogP contribution >= 0.6 is 11.3 Å². The molecule has 2 aliphatic carbocycles. The minimum absolute atomic E-state index is 0.537. The van der Waals surface area contributed by atoms with Gasteiger partial charge in [-0.05, 0) is 44.9 Å². The van der Waals surface area contributed by atoms with Crippen LogP contribution in [0.2, 0.25) is 0 Å². The molecule has 0 radical (unpaired) electrons. The predicted octanol–water partition coefficient (Wildman–Crippen LogP) is 4.79. The minimum Gasteiger partial charge on any atom is -0.305 e. The molecule has 2 nitrogen and oxygen atoms in total. The van der Waals surface area contributed by atoms with E-state index in [1.165, 1.54) is 81.3 Å². The Morgan fingerprint density at radius 3 is 2.80 bits per heavy atom. The first kappa shape index (κ1) is 14.5. The van der Waals surface area contributed by atoms with Gasteiger partial charge in [0.05, 0.1) is 11.7 Å². The van der Waals surface area contributed by atoms with E-state index in [4.69, 9.17) is 4.98 Å². The lowest BCUT2D eigenvalue weighted by molar-refractivity contribution is 0.465. The van der Waals surface area contributed by atoms with Crippen molar-refractivity contribution in [3.8, 4) is 0 Å². The predicted molar refractivity (Wildman–Crippen MR) is 86.4 cm³/mol. The number of nitrogens with zero attached hydrogens (tertiary/aromatic N) is 1. The molecule has 112 valence electrons. The number of hydrogen-bond donors (Lipinski definition) is 1. The highest BCUT2D eigenvalue weighted by molar-refractivity contribution is 7.11. The second kappa shape index (κ2) is 7.04. The summed E-state index contributed by atoms with van der Waals surface area (Å²) in [7, 11) is 0. The number of aromatic nitrogens is 1. The van der Waals surface area contributed by atoms with Gasteiger partial charge in [-0.3, -0.25) is 0 Å². The first-order valence-electron chi connectivity index (χ1n) is 8.61. The third-order valence-electron chi connectivity index (χ3n) is 4.52. The molecule has 0 saturated heterocycles. The smallest absolute Gasteiger partial charge is 0.110 e. The van der Waals surface area contributed by atoms with Crippen molar-refractivity contribution in [1.82, 2.24) is 10.3 Å². The SMILES string of the molecule is CCCCCCC(NC1CC1)c1nc2c(s1)CCCC2. The Hall–Kier alpha value is -0.410. The third kappa shape index (κ3) is 3.82. The van der Waals surface area contributed by atoms with Crippen molar-refractivity contribution in [2.24, 2.45) is 0 Å². The summed E-state index contributed by atoms with van der Waals surface area (Å²) in [5, 5.41) is 5.23. The van der Waals surface area contributed by atoms with Crippen molar-refractivity contribution < 1.29 is 0 Å². The van der Waals surface area contributed by atoms with Gasteiger partial charge in [0.2, 0.25) is 0 Å². The number of thiazole rings is 1. The highest BCUT2D eigenvalue weighted by Crippen LogP contribution is 2.34. The molecule has 1 N–H and O–H groups in total. The average Bonchev–Trinajstić information content (AvgIpc) is 3.18. The van der Waals surface area contributed by atoms with Gasteiger partial charge >= 0.3 is 0 Å². The van der Waals surface area contributed by atoms with Crippen molar-refractivity contribution in [3.63, 3.8) is 0 Å². The van der Waals surface area contributed by atoms with Gasteiger partial charge in [-0.1, -0.05) is 32.6 Å². The zero-order valence-corrected chi connectivity index (χ0v) is 13.6. The Bertz CT molecular complexity index is 399. The van der Waals surface area contributed by atoms with Crippen LogP contribution in [0.4, 0.5) is 0 Å². The molecule has 0 amide bonds. The second-order valence-corrected chi connectivity index (χ2v) is 7.59. The first-order valence-corrected chi connectivity index (χ1v) is 9.43. The third-order valence-corrected chi connectivity index (χ3v) is 5.79. The minimum atomic E-state index is 0.537. The molecular weight excluding hydrogens is 264 g/mol. The van der Waals surface area contributed by atoms with Gasteiger partial charge in [-0.15, -0.1) is 11.3 Å². The average molecular weight is 292 g/mol. The Balaban J connectivity index is 1.62. The van der Waals surface area contributed by atoms with Crippen LogP contribution in [0.15, 0.2) is 0 Å². The van der Waals surface area contributed by atoms with E-state index >= 15 is 0 Å². The summed E-state index contributed by atoms with van der Waals surface area (Å²) in [6, 6.07) is 1.32. The van der Waals surface area contributed by atoms with Crippen molar-refractivity contribution in [1.29, 1.82) is 0 Å². The summed E-state index contributed by atoms with van der Waals surface area (Å²) in [6.07, 6.45) is 14.7. The molecule has 0 bridgehead atoms. The fourth-order valence-electron chi connectivity index (χ4n) is 3.11. The molecule has 0 aromatic carbocycles. The van der Waals surface area contributed by atoms with Crippen molar-refractivity contribution in [3.05, 3.63) is 15.6 Å². The number of nitrogens with one attached hydrogen (secondary N) is 1. The van der Waals surface area contributed by atoms with E-state index in [2.05, 4.69) is 12.2 Å². The fraction of sp³-hybridized carbons (Fsp3) is 0.824. The molecule has 1 unspecified atom stereocenters. The molecule has 0 spiro atoms. The number of fused-ring (bicyclic) bond motifs is 1. The maximum atomic E-state index is 4.99. The number of rotatable bonds is 8. The molecule has 3 heteroatoms. The topological polar surface area (TPSA) is 24.9 Å². The molecule has 0 aliphatic heterocycles. The van der Waals surface area contributed by atoms with Crippen LogP contribution in [-0.2, 0) is 12.8 Å². The monoisotopic (exact) mass is 292 g/mol. The maximum absolute atomic E-state index is 4.99. The number of aryl methyl sites for hydroxylation is 2. The van der Waals surface area contributed by atoms with Crippen molar-refractivity contribution in [2.75, 3.05) is 0 Å². The van der Waals surface area contributed by atoms with Gasteiger partial charge < -0.3 is 5.32 Å². The van der Waals surface area contributed by atoms with Crippen molar-refractivity contribution >= 4 is 11.3 Å². The van der Waals surface area contributed by atoms with Gasteiger partial charge in [0.1, 0.15) is 5.01 Å². The van der Waals surface area contributed by atoms with E-state index in [1.54, 1.807) is 4.88 Å². The van der Waals surface area contributed by atoms with Crippen molar-refractivity contribution in [2.45, 2.75) is 89.6 Å². The highest BCUT2D eigenvalue weighted by atomic mass is 32.1. The van der Waals surface area contributed by atoms with Crippen LogP contribution in [0.25, 0.3) is 0 Å². The van der Waals surface area contributed by atoms with Gasteiger partial charge in [-0.25, -0.2) is 4.98 Å². The molecular formula is C17H28N2S. The molecule has 1 atom stereocenters. The van der Waals surface area contributed by atoms with E-state index in [9.17, 15) is 0 Å². The Labute approximate surface area is 127 Å². The van der Waals surface area contributed by atoms with Gasteiger partial charge in [0.25, 0.3) is 0 Å². The molecule has 20 heavy (non-hydrogen) atoms. The van der Waals surface area contributed by atoms with Crippen LogP contribution in [0, 0.1) is 0 Å². The molecule has 1 aromatic rings. The van der Waals surface area contributed by atoms with E-state index < -0.39 is 0 Å². The normalized spacial score (nSPS) is 19.9. The standard InChI is InChI=1S/C17H28N2S/c1-2-3-4-5-9-15(18-13-11-12-13)17-19-14-8-6-7-10-16(14)20-17/h13,15,18H,2-12H2,1H3.